The SMILES string of the molecule is CC(C)COCCOCC(CO)NC1CC1. The zero-order valence-electron chi connectivity index (χ0n) is 10.4. The van der Waals surface area contributed by atoms with Crippen molar-refractivity contribution in [1.29, 1.82) is 0 Å². The first-order valence-corrected chi connectivity index (χ1v) is 6.24. The van der Waals surface area contributed by atoms with E-state index >= 15 is 0 Å². The summed E-state index contributed by atoms with van der Waals surface area (Å²) in [4.78, 5) is 0. The predicted octanol–water partition coefficient (Wildman–Crippen LogP) is 0.788. The molecule has 0 aliphatic heterocycles. The minimum absolute atomic E-state index is 0.0811. The van der Waals surface area contributed by atoms with E-state index in [4.69, 9.17) is 14.6 Å². The van der Waals surface area contributed by atoms with Gasteiger partial charge in [-0.05, 0) is 18.8 Å². The van der Waals surface area contributed by atoms with Gasteiger partial charge >= 0.3 is 0 Å². The third kappa shape index (κ3) is 7.17. The Morgan fingerprint density at radius 1 is 1.19 bits per heavy atom. The third-order valence-electron chi connectivity index (χ3n) is 2.41. The van der Waals surface area contributed by atoms with Crippen molar-refractivity contribution in [3.8, 4) is 0 Å². The topological polar surface area (TPSA) is 50.7 Å². The lowest BCUT2D eigenvalue weighted by Crippen LogP contribution is -2.38. The fraction of sp³-hybridized carbons (Fsp3) is 1.00. The molecule has 16 heavy (non-hydrogen) atoms. The Morgan fingerprint density at radius 2 is 1.81 bits per heavy atom. The van der Waals surface area contributed by atoms with Gasteiger partial charge in [0, 0.05) is 12.6 Å². The lowest BCUT2D eigenvalue weighted by molar-refractivity contribution is 0.0241. The highest BCUT2D eigenvalue weighted by Crippen LogP contribution is 2.19. The van der Waals surface area contributed by atoms with Crippen LogP contribution in [0.15, 0.2) is 0 Å². The molecule has 0 aromatic heterocycles. The lowest BCUT2D eigenvalue weighted by Gasteiger charge is -2.16. The lowest BCUT2D eigenvalue weighted by atomic mass is 10.2. The first-order chi connectivity index (χ1) is 7.72. The zero-order valence-corrected chi connectivity index (χ0v) is 10.4. The molecule has 0 amide bonds. The Labute approximate surface area is 98.3 Å². The van der Waals surface area contributed by atoms with Crippen molar-refractivity contribution in [3.05, 3.63) is 0 Å². The van der Waals surface area contributed by atoms with Gasteiger partial charge in [-0.1, -0.05) is 13.8 Å². The van der Waals surface area contributed by atoms with Gasteiger partial charge in [-0.25, -0.2) is 0 Å². The van der Waals surface area contributed by atoms with Crippen LogP contribution in [0.2, 0.25) is 0 Å². The summed E-state index contributed by atoms with van der Waals surface area (Å²) in [6.45, 7) is 6.99. The Bertz CT molecular complexity index is 172. The quantitative estimate of drug-likeness (QED) is 0.546. The molecule has 0 radical (unpaired) electrons. The van der Waals surface area contributed by atoms with Gasteiger partial charge in [-0.2, -0.15) is 0 Å². The molecule has 2 N–H and O–H groups in total. The molecule has 0 saturated heterocycles. The van der Waals surface area contributed by atoms with Crippen molar-refractivity contribution in [2.45, 2.75) is 38.8 Å². The maximum atomic E-state index is 9.10. The van der Waals surface area contributed by atoms with E-state index in [-0.39, 0.29) is 12.6 Å². The number of aliphatic hydroxyl groups excluding tert-OH is 1. The van der Waals surface area contributed by atoms with Gasteiger partial charge in [-0.3, -0.25) is 0 Å². The summed E-state index contributed by atoms with van der Waals surface area (Å²) in [5.41, 5.74) is 0. The van der Waals surface area contributed by atoms with Crippen LogP contribution in [0, 0.1) is 5.92 Å². The van der Waals surface area contributed by atoms with Crippen molar-refractivity contribution in [1.82, 2.24) is 5.32 Å². The van der Waals surface area contributed by atoms with Gasteiger partial charge < -0.3 is 19.9 Å². The molecule has 1 aliphatic rings. The molecule has 1 saturated carbocycles. The third-order valence-corrected chi connectivity index (χ3v) is 2.41. The summed E-state index contributed by atoms with van der Waals surface area (Å²) in [7, 11) is 0. The maximum absolute atomic E-state index is 9.10. The van der Waals surface area contributed by atoms with Gasteiger partial charge in [0.15, 0.2) is 0 Å². The van der Waals surface area contributed by atoms with Crippen molar-refractivity contribution < 1.29 is 14.6 Å². The monoisotopic (exact) mass is 231 g/mol. The Morgan fingerprint density at radius 3 is 2.31 bits per heavy atom. The van der Waals surface area contributed by atoms with Gasteiger partial charge in [0.25, 0.3) is 0 Å². The average Bonchev–Trinajstić information content (AvgIpc) is 3.04. The molecule has 0 spiro atoms. The fourth-order valence-electron chi connectivity index (χ4n) is 1.40. The predicted molar refractivity (Wildman–Crippen MR) is 63.5 cm³/mol. The molecule has 0 aromatic rings. The first kappa shape index (κ1) is 13.9. The van der Waals surface area contributed by atoms with E-state index in [0.717, 1.165) is 6.61 Å². The summed E-state index contributed by atoms with van der Waals surface area (Å²) in [5.74, 6) is 0.571. The highest BCUT2D eigenvalue weighted by molar-refractivity contribution is 4.84. The minimum atomic E-state index is 0.0811. The smallest absolute Gasteiger partial charge is 0.0701 e. The highest BCUT2D eigenvalue weighted by Gasteiger charge is 2.24. The molecule has 1 aliphatic carbocycles. The standard InChI is InChI=1S/C12H25NO3/c1-10(2)8-15-5-6-16-9-12(7-14)13-11-3-4-11/h10-14H,3-9H2,1-2H3. The second kappa shape index (κ2) is 8.01. The van der Waals surface area contributed by atoms with E-state index in [9.17, 15) is 0 Å². The molecule has 0 heterocycles. The van der Waals surface area contributed by atoms with Crippen LogP contribution in [-0.4, -0.2) is 50.2 Å². The van der Waals surface area contributed by atoms with Crippen molar-refractivity contribution in [2.24, 2.45) is 5.92 Å². The van der Waals surface area contributed by atoms with Crippen LogP contribution in [0.1, 0.15) is 26.7 Å². The Balaban J connectivity index is 1.87. The van der Waals surface area contributed by atoms with Crippen LogP contribution in [0.4, 0.5) is 0 Å². The normalized spacial score (nSPS) is 18.0. The van der Waals surface area contributed by atoms with Crippen LogP contribution in [-0.2, 0) is 9.47 Å². The number of nitrogens with one attached hydrogen (secondary N) is 1. The van der Waals surface area contributed by atoms with E-state index in [1.165, 1.54) is 12.8 Å². The Kier molecular flexibility index (Phi) is 6.96. The average molecular weight is 231 g/mol. The number of rotatable bonds is 10. The zero-order chi connectivity index (χ0) is 11.8. The summed E-state index contributed by atoms with van der Waals surface area (Å²) < 4.78 is 10.8. The van der Waals surface area contributed by atoms with Crippen LogP contribution in [0.3, 0.4) is 0 Å². The van der Waals surface area contributed by atoms with Gasteiger partial charge in [0.1, 0.15) is 0 Å². The van der Waals surface area contributed by atoms with Crippen LogP contribution in [0.5, 0.6) is 0 Å². The molecule has 1 rings (SSSR count). The van der Waals surface area contributed by atoms with E-state index in [0.29, 0.717) is 31.8 Å². The van der Waals surface area contributed by atoms with Crippen molar-refractivity contribution >= 4 is 0 Å². The fourth-order valence-corrected chi connectivity index (χ4v) is 1.40. The molecular weight excluding hydrogens is 206 g/mol. The highest BCUT2D eigenvalue weighted by atomic mass is 16.5. The Hall–Kier alpha value is -0.160. The minimum Gasteiger partial charge on any atom is -0.395 e. The second-order valence-corrected chi connectivity index (χ2v) is 4.86. The first-order valence-electron chi connectivity index (χ1n) is 6.24. The summed E-state index contributed by atoms with van der Waals surface area (Å²) >= 11 is 0. The molecule has 96 valence electrons. The van der Waals surface area contributed by atoms with Crippen molar-refractivity contribution in [3.63, 3.8) is 0 Å². The van der Waals surface area contributed by atoms with Gasteiger partial charge in [-0.15, -0.1) is 0 Å². The summed E-state index contributed by atoms with van der Waals surface area (Å²) in [6, 6.07) is 0.690. The molecule has 0 bridgehead atoms. The van der Waals surface area contributed by atoms with E-state index in [1.54, 1.807) is 0 Å². The molecular formula is C12H25NO3. The van der Waals surface area contributed by atoms with Gasteiger partial charge in [0.05, 0.1) is 32.5 Å². The number of aliphatic hydroxyl groups is 1. The molecule has 1 atom stereocenters. The van der Waals surface area contributed by atoms with Crippen molar-refractivity contribution in [2.75, 3.05) is 33.0 Å². The molecule has 0 aromatic carbocycles. The van der Waals surface area contributed by atoms with Crippen LogP contribution >= 0.6 is 0 Å². The summed E-state index contributed by atoms with van der Waals surface area (Å²) in [6.07, 6.45) is 2.46. The molecule has 1 unspecified atom stereocenters. The molecule has 4 heteroatoms. The van der Waals surface area contributed by atoms with E-state index in [2.05, 4.69) is 19.2 Å². The van der Waals surface area contributed by atoms with Crippen LogP contribution < -0.4 is 5.32 Å². The summed E-state index contributed by atoms with van der Waals surface area (Å²) in [5, 5.41) is 12.4. The number of hydrogen-bond donors (Lipinski definition) is 2. The van der Waals surface area contributed by atoms with Gasteiger partial charge in [0.2, 0.25) is 0 Å². The van der Waals surface area contributed by atoms with Crippen LogP contribution in [0.25, 0.3) is 0 Å². The van der Waals surface area contributed by atoms with E-state index in [1.807, 2.05) is 0 Å². The molecule has 4 nitrogen and oxygen atoms in total. The maximum Gasteiger partial charge on any atom is 0.0701 e. The van der Waals surface area contributed by atoms with E-state index < -0.39 is 0 Å². The largest absolute Gasteiger partial charge is 0.395 e. The number of ether oxygens (including phenoxy) is 2. The number of hydrogen-bond acceptors (Lipinski definition) is 4. The second-order valence-electron chi connectivity index (χ2n) is 4.86. The molecule has 1 fully saturated rings.